The number of rotatable bonds is 6. The van der Waals surface area contributed by atoms with Crippen molar-refractivity contribution in [1.29, 1.82) is 0 Å². The molecule has 3 aromatic rings. The van der Waals surface area contributed by atoms with Crippen molar-refractivity contribution in [2.45, 2.75) is 44.9 Å². The van der Waals surface area contributed by atoms with E-state index in [0.717, 1.165) is 18.5 Å². The topological polar surface area (TPSA) is 96.1 Å². The SMILES string of the molecule is CC(C)Oc1cc2nc([C@H]3COCCO3)cn2cc1C(=O)Nc1cccn(C2CC2)c1=O. The Morgan fingerprint density at radius 1 is 1.28 bits per heavy atom. The summed E-state index contributed by atoms with van der Waals surface area (Å²) in [6, 6.07) is 5.36. The molecule has 1 atom stereocenters. The Bertz CT molecular complexity index is 1200. The van der Waals surface area contributed by atoms with E-state index in [1.807, 2.05) is 20.0 Å². The zero-order valence-corrected chi connectivity index (χ0v) is 18.1. The van der Waals surface area contributed by atoms with E-state index in [-0.39, 0.29) is 29.5 Å². The Kier molecular flexibility index (Phi) is 5.44. The number of carbonyl (C=O) groups is 1. The highest BCUT2D eigenvalue weighted by Gasteiger charge is 2.26. The van der Waals surface area contributed by atoms with Crippen LogP contribution >= 0.6 is 0 Å². The first-order chi connectivity index (χ1) is 15.5. The maximum absolute atomic E-state index is 13.2. The second-order valence-corrected chi connectivity index (χ2v) is 8.40. The first-order valence-corrected chi connectivity index (χ1v) is 10.9. The normalized spacial score (nSPS) is 18.8. The molecule has 2 fully saturated rings. The van der Waals surface area contributed by atoms with Crippen LogP contribution in [-0.2, 0) is 9.47 Å². The number of hydrogen-bond acceptors (Lipinski definition) is 6. The van der Waals surface area contributed by atoms with E-state index in [1.54, 1.807) is 39.6 Å². The lowest BCUT2D eigenvalue weighted by molar-refractivity contribution is -0.0916. The molecule has 0 bridgehead atoms. The summed E-state index contributed by atoms with van der Waals surface area (Å²) in [4.78, 5) is 30.6. The molecule has 2 aliphatic rings. The lowest BCUT2D eigenvalue weighted by atomic mass is 10.2. The molecule has 1 saturated heterocycles. The molecule has 5 rings (SSSR count). The van der Waals surface area contributed by atoms with Crippen LogP contribution in [0.4, 0.5) is 5.69 Å². The third-order valence-electron chi connectivity index (χ3n) is 5.49. The Labute approximate surface area is 184 Å². The lowest BCUT2D eigenvalue weighted by Crippen LogP contribution is -2.25. The summed E-state index contributed by atoms with van der Waals surface area (Å²) in [6.45, 7) is 5.31. The maximum atomic E-state index is 13.2. The Morgan fingerprint density at radius 2 is 2.12 bits per heavy atom. The van der Waals surface area contributed by atoms with Crippen LogP contribution in [0.15, 0.2) is 41.6 Å². The second kappa shape index (κ2) is 8.40. The molecule has 4 heterocycles. The second-order valence-electron chi connectivity index (χ2n) is 8.40. The Balaban J connectivity index is 1.49. The molecular weight excluding hydrogens is 412 g/mol. The van der Waals surface area contributed by atoms with Crippen LogP contribution in [-0.4, -0.2) is 45.8 Å². The van der Waals surface area contributed by atoms with Gasteiger partial charge < -0.3 is 28.5 Å². The summed E-state index contributed by atoms with van der Waals surface area (Å²) in [7, 11) is 0. The highest BCUT2D eigenvalue weighted by atomic mass is 16.6. The number of anilines is 1. The van der Waals surface area contributed by atoms with E-state index in [2.05, 4.69) is 10.3 Å². The van der Waals surface area contributed by atoms with Gasteiger partial charge in [0.05, 0.1) is 37.2 Å². The average molecular weight is 438 g/mol. The number of nitrogens with zero attached hydrogens (tertiary/aromatic N) is 3. The van der Waals surface area contributed by atoms with Crippen molar-refractivity contribution in [2.24, 2.45) is 0 Å². The van der Waals surface area contributed by atoms with Gasteiger partial charge in [-0.05, 0) is 38.8 Å². The highest BCUT2D eigenvalue weighted by molar-refractivity contribution is 6.06. The largest absolute Gasteiger partial charge is 0.490 e. The first-order valence-electron chi connectivity index (χ1n) is 10.9. The number of carbonyl (C=O) groups excluding carboxylic acids is 1. The van der Waals surface area contributed by atoms with Gasteiger partial charge in [0.2, 0.25) is 0 Å². The minimum atomic E-state index is -0.416. The average Bonchev–Trinajstić information content (AvgIpc) is 3.53. The monoisotopic (exact) mass is 438 g/mol. The standard InChI is InChI=1S/C23H26N4O5/c1-14(2)32-19-10-21-24-18(20-13-30-8-9-31-20)12-26(21)11-16(19)22(28)25-17-4-3-7-27(23(17)29)15-5-6-15/h3-4,7,10-12,14-15,20H,5-6,8-9,13H2,1-2H3,(H,25,28)/t20-/m1/s1. The van der Waals surface area contributed by atoms with Gasteiger partial charge in [-0.2, -0.15) is 0 Å². The predicted molar refractivity (Wildman–Crippen MR) is 117 cm³/mol. The minimum Gasteiger partial charge on any atom is -0.490 e. The molecule has 0 spiro atoms. The zero-order valence-electron chi connectivity index (χ0n) is 18.1. The molecule has 168 valence electrons. The van der Waals surface area contributed by atoms with Crippen molar-refractivity contribution < 1.29 is 19.0 Å². The molecule has 1 amide bonds. The van der Waals surface area contributed by atoms with E-state index in [1.165, 1.54) is 0 Å². The summed E-state index contributed by atoms with van der Waals surface area (Å²) < 4.78 is 20.6. The van der Waals surface area contributed by atoms with E-state index >= 15 is 0 Å². The van der Waals surface area contributed by atoms with Gasteiger partial charge in [-0.3, -0.25) is 9.59 Å². The van der Waals surface area contributed by atoms with Gasteiger partial charge in [0.25, 0.3) is 11.5 Å². The lowest BCUT2D eigenvalue weighted by Gasteiger charge is -2.20. The van der Waals surface area contributed by atoms with Gasteiger partial charge >= 0.3 is 0 Å². The summed E-state index contributed by atoms with van der Waals surface area (Å²) >= 11 is 0. The van der Waals surface area contributed by atoms with Gasteiger partial charge in [-0.15, -0.1) is 0 Å². The van der Waals surface area contributed by atoms with Crippen molar-refractivity contribution in [3.05, 3.63) is 58.4 Å². The molecule has 1 aliphatic heterocycles. The van der Waals surface area contributed by atoms with Crippen molar-refractivity contribution >= 4 is 17.2 Å². The number of nitrogens with one attached hydrogen (secondary N) is 1. The zero-order chi connectivity index (χ0) is 22.2. The van der Waals surface area contributed by atoms with Crippen LogP contribution in [0.1, 0.15) is 54.9 Å². The van der Waals surface area contributed by atoms with E-state index in [9.17, 15) is 9.59 Å². The number of aromatic nitrogens is 3. The molecule has 32 heavy (non-hydrogen) atoms. The fourth-order valence-corrected chi connectivity index (χ4v) is 3.81. The summed E-state index contributed by atoms with van der Waals surface area (Å²) in [6.07, 6.45) is 6.84. The first kappa shape index (κ1) is 20.7. The third-order valence-corrected chi connectivity index (χ3v) is 5.49. The van der Waals surface area contributed by atoms with Crippen LogP contribution < -0.4 is 15.6 Å². The van der Waals surface area contributed by atoms with Gasteiger partial charge in [0, 0.05) is 30.7 Å². The summed E-state index contributed by atoms with van der Waals surface area (Å²) in [5.74, 6) is -0.0119. The van der Waals surface area contributed by atoms with Crippen LogP contribution in [0.5, 0.6) is 5.75 Å². The van der Waals surface area contributed by atoms with Gasteiger partial charge in [-0.25, -0.2) is 4.98 Å². The van der Waals surface area contributed by atoms with Crippen LogP contribution in [0, 0.1) is 0 Å². The van der Waals surface area contributed by atoms with Gasteiger partial charge in [0.1, 0.15) is 23.2 Å². The molecule has 9 nitrogen and oxygen atoms in total. The number of imidazole rings is 1. The van der Waals surface area contributed by atoms with Crippen LogP contribution in [0.25, 0.3) is 5.65 Å². The summed E-state index contributed by atoms with van der Waals surface area (Å²) in [5.41, 5.74) is 1.73. The molecule has 9 heteroatoms. The smallest absolute Gasteiger partial charge is 0.274 e. The Hall–Kier alpha value is -3.17. The molecule has 3 aromatic heterocycles. The molecule has 1 N–H and O–H groups in total. The maximum Gasteiger partial charge on any atom is 0.274 e. The summed E-state index contributed by atoms with van der Waals surface area (Å²) in [5, 5.41) is 2.77. The van der Waals surface area contributed by atoms with Gasteiger partial charge in [-0.1, -0.05) is 0 Å². The van der Waals surface area contributed by atoms with Crippen molar-refractivity contribution in [3.8, 4) is 5.75 Å². The molecule has 1 saturated carbocycles. The van der Waals surface area contributed by atoms with Crippen molar-refractivity contribution in [3.63, 3.8) is 0 Å². The number of pyridine rings is 2. The molecule has 0 unspecified atom stereocenters. The number of amides is 1. The van der Waals surface area contributed by atoms with Crippen LogP contribution in [0.2, 0.25) is 0 Å². The van der Waals surface area contributed by atoms with E-state index in [4.69, 9.17) is 14.2 Å². The quantitative estimate of drug-likeness (QED) is 0.636. The number of fused-ring (bicyclic) bond motifs is 1. The minimum absolute atomic E-state index is 0.141. The molecular formula is C23H26N4O5. The highest BCUT2D eigenvalue weighted by Crippen LogP contribution is 2.33. The molecule has 0 radical (unpaired) electrons. The van der Waals surface area contributed by atoms with E-state index in [0.29, 0.717) is 36.8 Å². The van der Waals surface area contributed by atoms with Crippen molar-refractivity contribution in [1.82, 2.24) is 14.0 Å². The van der Waals surface area contributed by atoms with Crippen LogP contribution in [0.3, 0.4) is 0 Å². The molecule has 1 aliphatic carbocycles. The predicted octanol–water partition coefficient (Wildman–Crippen LogP) is 2.96. The fourth-order valence-electron chi connectivity index (χ4n) is 3.81. The Morgan fingerprint density at radius 3 is 2.84 bits per heavy atom. The van der Waals surface area contributed by atoms with Crippen molar-refractivity contribution in [2.75, 3.05) is 25.1 Å². The molecule has 0 aromatic carbocycles. The fraction of sp³-hybridized carbons (Fsp3) is 0.435. The van der Waals surface area contributed by atoms with Gasteiger partial charge in [0.15, 0.2) is 0 Å². The van der Waals surface area contributed by atoms with E-state index < -0.39 is 5.91 Å². The third kappa shape index (κ3) is 4.13. The number of ether oxygens (including phenoxy) is 3. The number of hydrogen-bond donors (Lipinski definition) is 1.